The van der Waals surface area contributed by atoms with Crippen molar-refractivity contribution >= 4 is 41.1 Å². The second kappa shape index (κ2) is 27.8. The average Bonchev–Trinajstić information content (AvgIpc) is 3.76. The van der Waals surface area contributed by atoms with Gasteiger partial charge in [-0.05, 0) is 88.6 Å². The van der Waals surface area contributed by atoms with Crippen molar-refractivity contribution in [3.8, 4) is 5.75 Å². The molecule has 5 amide bonds. The molecule has 0 aliphatic carbocycles. The Labute approximate surface area is 378 Å². The summed E-state index contributed by atoms with van der Waals surface area (Å²) in [4.78, 5) is 76.2. The highest BCUT2D eigenvalue weighted by Gasteiger charge is 2.38. The summed E-state index contributed by atoms with van der Waals surface area (Å²) in [5.74, 6) is -1.68. The maximum absolute atomic E-state index is 14.7. The van der Waals surface area contributed by atoms with Gasteiger partial charge in [0.1, 0.15) is 35.2 Å². The average molecular weight is 902 g/mol. The van der Waals surface area contributed by atoms with E-state index in [0.29, 0.717) is 37.6 Å². The van der Waals surface area contributed by atoms with Gasteiger partial charge in [0.25, 0.3) is 5.91 Å². The third-order valence-electron chi connectivity index (χ3n) is 11.6. The van der Waals surface area contributed by atoms with Crippen LogP contribution < -0.4 is 21.5 Å². The fraction of sp³-hybridized carbons (Fsp3) is 0.696. The Balaban J connectivity index is 1.82. The van der Waals surface area contributed by atoms with Crippen molar-refractivity contribution < 1.29 is 43.3 Å². The van der Waals surface area contributed by atoms with Crippen molar-refractivity contribution in [2.24, 2.45) is 17.8 Å². The van der Waals surface area contributed by atoms with E-state index in [1.807, 2.05) is 46.6 Å². The maximum atomic E-state index is 14.7. The largest absolute Gasteiger partial charge is 0.508 e. The highest BCUT2D eigenvalue weighted by molar-refractivity contribution is 7.09. The number of nitrogens with one attached hydrogen (secondary N) is 4. The number of hydrogen-bond acceptors (Lipinski definition) is 12. The summed E-state index contributed by atoms with van der Waals surface area (Å²) in [6.45, 7) is 18.4. The van der Waals surface area contributed by atoms with E-state index in [9.17, 15) is 29.1 Å². The lowest BCUT2D eigenvalue weighted by atomic mass is 9.92. The Bertz CT molecular complexity index is 1710. The molecule has 1 aromatic heterocycles. The van der Waals surface area contributed by atoms with Crippen LogP contribution in [-0.4, -0.2) is 120 Å². The van der Waals surface area contributed by atoms with Gasteiger partial charge in [0, 0.05) is 49.6 Å². The summed E-state index contributed by atoms with van der Waals surface area (Å²) in [7, 11) is 1.97. The number of thiazole rings is 1. The number of likely N-dealkylation sites (N-methyl/N-ethyl adjacent to an activating group) is 1. The van der Waals surface area contributed by atoms with Crippen LogP contribution in [0.4, 0.5) is 4.79 Å². The SMILES string of the molecule is CCCO[C@H](C[C@H](C(C)C)N(CCC)C(=O)[C@@H](NC(=O)[C@H]1CCCCN1C)[C@@H](C)CC)c1nc(C(=O)N[C@@H](Cc2ccc(O)cc2)C[C@H](C)C(=O)NNC(=O)OCCOCC)cs1. The third-order valence-corrected chi connectivity index (χ3v) is 12.5. The molecule has 1 fully saturated rings. The van der Waals surface area contributed by atoms with E-state index in [1.54, 1.807) is 36.6 Å². The molecule has 2 aromatic rings. The van der Waals surface area contributed by atoms with Gasteiger partial charge in [-0.25, -0.2) is 15.2 Å². The van der Waals surface area contributed by atoms with Crippen molar-refractivity contribution in [1.82, 2.24) is 36.3 Å². The molecule has 0 unspecified atom stereocenters. The summed E-state index contributed by atoms with van der Waals surface area (Å²) in [6, 6.07) is 4.90. The second-order valence-corrected chi connectivity index (χ2v) is 17.9. The number of carbonyl (C=O) groups is 5. The summed E-state index contributed by atoms with van der Waals surface area (Å²) < 4.78 is 16.6. The lowest BCUT2D eigenvalue weighted by molar-refractivity contribution is -0.143. The Morgan fingerprint density at radius 2 is 1.67 bits per heavy atom. The number of rotatable bonds is 26. The number of piperidine rings is 1. The number of aromatic nitrogens is 1. The van der Waals surface area contributed by atoms with Crippen LogP contribution in [0, 0.1) is 17.8 Å². The second-order valence-electron chi connectivity index (χ2n) is 17.0. The zero-order chi connectivity index (χ0) is 46.5. The fourth-order valence-corrected chi connectivity index (χ4v) is 8.59. The molecule has 1 aliphatic rings. The van der Waals surface area contributed by atoms with E-state index < -0.39 is 42.0 Å². The van der Waals surface area contributed by atoms with Crippen molar-refractivity contribution in [2.45, 2.75) is 143 Å². The monoisotopic (exact) mass is 902 g/mol. The van der Waals surface area contributed by atoms with Crippen LogP contribution in [0.5, 0.6) is 5.75 Å². The van der Waals surface area contributed by atoms with E-state index in [2.05, 4.69) is 40.2 Å². The summed E-state index contributed by atoms with van der Waals surface area (Å²) in [6.07, 6.45) is 4.68. The number of amides is 5. The van der Waals surface area contributed by atoms with Gasteiger partial charge in [0.05, 0.1) is 12.6 Å². The number of ether oxygens (including phenoxy) is 3. The minimum Gasteiger partial charge on any atom is -0.508 e. The van der Waals surface area contributed by atoms with Crippen molar-refractivity contribution in [3.63, 3.8) is 0 Å². The molecule has 17 heteroatoms. The number of hydrogen-bond donors (Lipinski definition) is 5. The van der Waals surface area contributed by atoms with Gasteiger partial charge in [-0.3, -0.25) is 29.5 Å². The van der Waals surface area contributed by atoms with Crippen LogP contribution in [0.15, 0.2) is 29.6 Å². The Morgan fingerprint density at radius 3 is 2.30 bits per heavy atom. The molecule has 0 bridgehead atoms. The van der Waals surface area contributed by atoms with Gasteiger partial charge in [-0.1, -0.05) is 73.4 Å². The molecule has 0 spiro atoms. The van der Waals surface area contributed by atoms with Crippen LogP contribution >= 0.6 is 11.3 Å². The van der Waals surface area contributed by atoms with E-state index >= 15 is 0 Å². The van der Waals surface area contributed by atoms with Gasteiger partial charge >= 0.3 is 6.09 Å². The number of likely N-dealkylation sites (tertiary alicyclic amines) is 1. The first-order chi connectivity index (χ1) is 30.1. The van der Waals surface area contributed by atoms with E-state index in [1.165, 1.54) is 11.3 Å². The molecule has 1 aromatic carbocycles. The van der Waals surface area contributed by atoms with Gasteiger partial charge < -0.3 is 34.9 Å². The van der Waals surface area contributed by atoms with E-state index in [0.717, 1.165) is 50.6 Å². The molecular weight excluding hydrogens is 827 g/mol. The van der Waals surface area contributed by atoms with Crippen LogP contribution in [-0.2, 0) is 35.0 Å². The molecule has 5 N–H and O–H groups in total. The van der Waals surface area contributed by atoms with Gasteiger partial charge in [0.2, 0.25) is 17.7 Å². The normalized spacial score (nSPS) is 17.1. The molecule has 0 radical (unpaired) electrons. The van der Waals surface area contributed by atoms with Crippen LogP contribution in [0.3, 0.4) is 0 Å². The lowest BCUT2D eigenvalue weighted by Crippen LogP contribution is -2.58. The van der Waals surface area contributed by atoms with Gasteiger partial charge in [-0.15, -0.1) is 11.3 Å². The van der Waals surface area contributed by atoms with Crippen LogP contribution in [0.2, 0.25) is 0 Å². The number of carbonyl (C=O) groups excluding carboxylic acids is 5. The molecule has 354 valence electrons. The summed E-state index contributed by atoms with van der Waals surface area (Å²) in [5.41, 5.74) is 5.65. The smallest absolute Gasteiger partial charge is 0.426 e. The fourth-order valence-electron chi connectivity index (χ4n) is 7.73. The quantitative estimate of drug-likeness (QED) is 0.0536. The summed E-state index contributed by atoms with van der Waals surface area (Å²) >= 11 is 1.32. The predicted octanol–water partition coefficient (Wildman–Crippen LogP) is 6.15. The Kier molecular flexibility index (Phi) is 23.4. The molecule has 63 heavy (non-hydrogen) atoms. The first-order valence-electron chi connectivity index (χ1n) is 22.9. The van der Waals surface area contributed by atoms with E-state index in [4.69, 9.17) is 19.2 Å². The first-order valence-corrected chi connectivity index (χ1v) is 23.8. The zero-order valence-corrected chi connectivity index (χ0v) is 39.9. The zero-order valence-electron chi connectivity index (χ0n) is 39.1. The molecule has 0 saturated carbocycles. The highest BCUT2D eigenvalue weighted by Crippen LogP contribution is 2.32. The van der Waals surface area contributed by atoms with Gasteiger partial charge in [-0.2, -0.15) is 0 Å². The molecular formula is C46H75N7O9S. The number of phenols is 1. The standard InChI is InChI=1S/C46H75N7O9S/c1-10-21-53(45(58)40(31(7)12-3)49-43(57)37-16-14-15-22-52(37)9)38(30(5)6)28-39(61-23-11-2)44-48-36(29-63-44)42(56)47-34(27-33-17-19-35(54)20-18-33)26-32(8)41(55)50-51-46(59)62-25-24-60-13-4/h17-20,29-32,34,37-40,54H,10-16,21-28H2,1-9H3,(H,47,56)(H,49,57)(H,50,55)(H,51,59)/t31-,32-,34+,37+,38+,39+,40-/m0/s1. The highest BCUT2D eigenvalue weighted by atomic mass is 32.1. The Hall–Kier alpha value is -4.32. The number of nitrogens with zero attached hydrogens (tertiary/aromatic N) is 3. The number of hydrazine groups is 1. The minimum atomic E-state index is -0.823. The van der Waals surface area contributed by atoms with E-state index in [-0.39, 0.29) is 66.8 Å². The van der Waals surface area contributed by atoms with Crippen molar-refractivity contribution in [2.75, 3.05) is 46.6 Å². The number of aromatic hydroxyl groups is 1. The molecule has 3 rings (SSSR count). The Morgan fingerprint density at radius 1 is 0.937 bits per heavy atom. The van der Waals surface area contributed by atoms with Crippen molar-refractivity contribution in [3.05, 3.63) is 45.9 Å². The lowest BCUT2D eigenvalue weighted by Gasteiger charge is -2.40. The summed E-state index contributed by atoms with van der Waals surface area (Å²) in [5, 5.41) is 18.4. The third kappa shape index (κ3) is 17.3. The minimum absolute atomic E-state index is 0.0310. The predicted molar refractivity (Wildman–Crippen MR) is 244 cm³/mol. The molecule has 7 atom stereocenters. The number of benzene rings is 1. The molecule has 16 nitrogen and oxygen atoms in total. The molecule has 1 aliphatic heterocycles. The van der Waals surface area contributed by atoms with Crippen molar-refractivity contribution in [1.29, 1.82) is 0 Å². The maximum Gasteiger partial charge on any atom is 0.426 e. The van der Waals surface area contributed by atoms with Crippen LogP contribution in [0.25, 0.3) is 0 Å². The first kappa shape index (κ1) is 53.0. The molecule has 1 saturated heterocycles. The van der Waals surface area contributed by atoms with Crippen LogP contribution in [0.1, 0.15) is 134 Å². The topological polar surface area (TPSA) is 201 Å². The molecule has 2 heterocycles. The number of phenolic OH excluding ortho intramolecular Hbond substituents is 1. The van der Waals surface area contributed by atoms with Gasteiger partial charge in [0.15, 0.2) is 0 Å².